The Balaban J connectivity index is 1.63. The molecule has 3 amide bonds. The van der Waals surface area contributed by atoms with E-state index in [1.165, 1.54) is 0 Å². The van der Waals surface area contributed by atoms with E-state index in [0.29, 0.717) is 25.9 Å². The van der Waals surface area contributed by atoms with E-state index in [1.807, 2.05) is 29.2 Å². The molecule has 2 saturated heterocycles. The van der Waals surface area contributed by atoms with Crippen LogP contribution in [0.25, 0.3) is 0 Å². The van der Waals surface area contributed by atoms with Gasteiger partial charge in [-0.25, -0.2) is 0 Å². The van der Waals surface area contributed by atoms with Crippen molar-refractivity contribution in [2.24, 2.45) is 0 Å². The van der Waals surface area contributed by atoms with Gasteiger partial charge in [-0.05, 0) is 30.9 Å². The summed E-state index contributed by atoms with van der Waals surface area (Å²) in [4.78, 5) is 41.4. The summed E-state index contributed by atoms with van der Waals surface area (Å²) in [6.07, 6.45) is 3.67. The summed E-state index contributed by atoms with van der Waals surface area (Å²) in [5.74, 6) is 0.0284. The number of nitrogens with zero attached hydrogens (tertiary/aromatic N) is 2. The summed E-state index contributed by atoms with van der Waals surface area (Å²) in [7, 11) is 0. The van der Waals surface area contributed by atoms with Crippen molar-refractivity contribution in [1.82, 2.24) is 9.80 Å². The average Bonchev–Trinajstić information content (AvgIpc) is 3.28. The molecule has 0 aromatic heterocycles. The molecule has 138 valence electrons. The molecule has 3 heterocycles. The maximum Gasteiger partial charge on any atom is 0.242 e. The van der Waals surface area contributed by atoms with Gasteiger partial charge in [0.2, 0.25) is 17.7 Å². The molecule has 2 fully saturated rings. The van der Waals surface area contributed by atoms with Gasteiger partial charge in [-0.2, -0.15) is 0 Å². The van der Waals surface area contributed by atoms with Crippen molar-refractivity contribution in [3.05, 3.63) is 29.8 Å². The maximum absolute atomic E-state index is 13.0. The van der Waals surface area contributed by atoms with Crippen LogP contribution in [0.15, 0.2) is 24.3 Å². The fourth-order valence-corrected chi connectivity index (χ4v) is 4.90. The Morgan fingerprint density at radius 1 is 1.27 bits per heavy atom. The summed E-state index contributed by atoms with van der Waals surface area (Å²) in [5.41, 5.74) is 1.22. The normalized spacial score (nSPS) is 27.3. The minimum absolute atomic E-state index is 0.00435. The first-order chi connectivity index (χ1) is 12.6. The van der Waals surface area contributed by atoms with Crippen LogP contribution >= 0.6 is 0 Å². The molecule has 1 aromatic rings. The molecule has 0 unspecified atom stereocenters. The first-order valence-corrected chi connectivity index (χ1v) is 9.56. The molecule has 3 aliphatic rings. The molecule has 0 saturated carbocycles. The van der Waals surface area contributed by atoms with Gasteiger partial charge in [0, 0.05) is 25.2 Å². The highest BCUT2D eigenvalue weighted by Crippen LogP contribution is 2.49. The Labute approximate surface area is 153 Å². The third kappa shape index (κ3) is 2.42. The monoisotopic (exact) mass is 355 g/mol. The molecular weight excluding hydrogens is 330 g/mol. The van der Waals surface area contributed by atoms with Crippen LogP contribution in [0.4, 0.5) is 5.69 Å². The van der Waals surface area contributed by atoms with E-state index in [4.69, 9.17) is 0 Å². The first kappa shape index (κ1) is 17.1. The molecule has 2 atom stereocenters. The van der Waals surface area contributed by atoms with E-state index < -0.39 is 5.41 Å². The lowest BCUT2D eigenvalue weighted by Crippen LogP contribution is -2.50. The fourth-order valence-electron chi connectivity index (χ4n) is 4.90. The van der Waals surface area contributed by atoms with E-state index in [0.717, 1.165) is 30.5 Å². The number of rotatable bonds is 4. The van der Waals surface area contributed by atoms with Crippen molar-refractivity contribution in [2.75, 3.05) is 25.0 Å². The summed E-state index contributed by atoms with van der Waals surface area (Å²) in [6.45, 7) is 3.44. The molecule has 6 nitrogen and oxygen atoms in total. The van der Waals surface area contributed by atoms with Crippen LogP contribution < -0.4 is 5.32 Å². The summed E-state index contributed by atoms with van der Waals surface area (Å²) in [5, 5.41) is 3.02. The maximum atomic E-state index is 13.0. The number of hydrogen-bond acceptors (Lipinski definition) is 3. The molecular formula is C20H25N3O3. The van der Waals surface area contributed by atoms with Gasteiger partial charge < -0.3 is 15.1 Å². The predicted molar refractivity (Wildman–Crippen MR) is 97.6 cm³/mol. The third-order valence-corrected chi connectivity index (χ3v) is 6.13. The Hall–Kier alpha value is -2.37. The fraction of sp³-hybridized carbons (Fsp3) is 0.550. The molecule has 26 heavy (non-hydrogen) atoms. The van der Waals surface area contributed by atoms with E-state index in [-0.39, 0.29) is 30.3 Å². The zero-order valence-electron chi connectivity index (χ0n) is 15.2. The van der Waals surface area contributed by atoms with Gasteiger partial charge >= 0.3 is 0 Å². The summed E-state index contributed by atoms with van der Waals surface area (Å²) >= 11 is 0. The number of benzene rings is 1. The zero-order chi connectivity index (χ0) is 18.3. The predicted octanol–water partition coefficient (Wildman–Crippen LogP) is 1.90. The number of nitrogens with one attached hydrogen (secondary N) is 1. The van der Waals surface area contributed by atoms with Crippen molar-refractivity contribution >= 4 is 23.4 Å². The summed E-state index contributed by atoms with van der Waals surface area (Å²) in [6, 6.07) is 7.66. The van der Waals surface area contributed by atoms with Crippen LogP contribution in [0, 0.1) is 0 Å². The van der Waals surface area contributed by atoms with Gasteiger partial charge in [0.05, 0.1) is 18.0 Å². The third-order valence-electron chi connectivity index (χ3n) is 6.13. The van der Waals surface area contributed by atoms with Crippen LogP contribution in [0.2, 0.25) is 0 Å². The topological polar surface area (TPSA) is 69.7 Å². The van der Waals surface area contributed by atoms with E-state index in [1.54, 1.807) is 4.90 Å². The highest BCUT2D eigenvalue weighted by molar-refractivity contribution is 6.07. The second kappa shape index (κ2) is 6.41. The van der Waals surface area contributed by atoms with Crippen LogP contribution in [0.1, 0.15) is 44.6 Å². The molecule has 0 aliphatic carbocycles. The Morgan fingerprint density at radius 3 is 2.81 bits per heavy atom. The van der Waals surface area contributed by atoms with E-state index in [2.05, 4.69) is 12.2 Å². The lowest BCUT2D eigenvalue weighted by molar-refractivity contribution is -0.139. The van der Waals surface area contributed by atoms with Gasteiger partial charge in [0.15, 0.2) is 0 Å². The van der Waals surface area contributed by atoms with Crippen molar-refractivity contribution in [1.29, 1.82) is 0 Å². The molecule has 0 bridgehead atoms. The minimum atomic E-state index is -0.655. The first-order valence-electron chi connectivity index (χ1n) is 9.56. The van der Waals surface area contributed by atoms with Gasteiger partial charge in [-0.3, -0.25) is 14.4 Å². The number of para-hydroxylation sites is 1. The van der Waals surface area contributed by atoms with Crippen LogP contribution in [-0.2, 0) is 19.8 Å². The van der Waals surface area contributed by atoms with E-state index >= 15 is 0 Å². The molecule has 3 aliphatic heterocycles. The number of carbonyl (C=O) groups excluding carboxylic acids is 3. The summed E-state index contributed by atoms with van der Waals surface area (Å²) < 4.78 is 0. The second-order valence-electron chi connectivity index (χ2n) is 7.53. The molecule has 6 heteroatoms. The van der Waals surface area contributed by atoms with Crippen LogP contribution in [-0.4, -0.2) is 53.2 Å². The number of amides is 3. The number of anilines is 1. The van der Waals surface area contributed by atoms with Gasteiger partial charge in [-0.1, -0.05) is 31.5 Å². The zero-order valence-corrected chi connectivity index (χ0v) is 15.2. The SMILES string of the molecule is CCC[C@@H]1N(C(=O)CN2CCCC2=O)CC[C@@]12C(=O)Nc1ccccc12. The smallest absolute Gasteiger partial charge is 0.242 e. The lowest BCUT2D eigenvalue weighted by atomic mass is 9.73. The number of likely N-dealkylation sites (tertiary alicyclic amines) is 2. The van der Waals surface area contributed by atoms with Crippen molar-refractivity contribution in [2.45, 2.75) is 50.5 Å². The Bertz CT molecular complexity index is 762. The van der Waals surface area contributed by atoms with E-state index in [9.17, 15) is 14.4 Å². The largest absolute Gasteiger partial charge is 0.337 e. The van der Waals surface area contributed by atoms with Crippen molar-refractivity contribution < 1.29 is 14.4 Å². The Kier molecular flexibility index (Phi) is 4.21. The quantitative estimate of drug-likeness (QED) is 0.897. The van der Waals surface area contributed by atoms with Crippen LogP contribution in [0.5, 0.6) is 0 Å². The molecule has 1 N–H and O–H groups in total. The molecule has 0 radical (unpaired) electrons. The number of carbonyl (C=O) groups is 3. The van der Waals surface area contributed by atoms with Crippen LogP contribution in [0.3, 0.4) is 0 Å². The minimum Gasteiger partial charge on any atom is -0.337 e. The average molecular weight is 355 g/mol. The lowest BCUT2D eigenvalue weighted by Gasteiger charge is -2.34. The number of fused-ring (bicyclic) bond motifs is 2. The van der Waals surface area contributed by atoms with Crippen molar-refractivity contribution in [3.63, 3.8) is 0 Å². The van der Waals surface area contributed by atoms with Crippen molar-refractivity contribution in [3.8, 4) is 0 Å². The highest BCUT2D eigenvalue weighted by Gasteiger charge is 2.58. The molecule has 1 aromatic carbocycles. The Morgan fingerprint density at radius 2 is 2.08 bits per heavy atom. The highest BCUT2D eigenvalue weighted by atomic mass is 16.2. The standard InChI is InChI=1S/C20H25N3O3/c1-2-6-16-20(14-7-3-4-8-15(14)21-19(20)26)10-12-23(16)18(25)13-22-11-5-9-17(22)24/h3-4,7-8,16H,2,5-6,9-13H2,1H3,(H,21,26)/t16-,20-/m0/s1. The number of hydrogen-bond donors (Lipinski definition) is 1. The van der Waals surface area contributed by atoms with Gasteiger partial charge in [0.1, 0.15) is 0 Å². The molecule has 1 spiro atoms. The molecule has 4 rings (SSSR count). The van der Waals surface area contributed by atoms with Gasteiger partial charge in [0.25, 0.3) is 0 Å². The second-order valence-corrected chi connectivity index (χ2v) is 7.53. The van der Waals surface area contributed by atoms with Gasteiger partial charge in [-0.15, -0.1) is 0 Å².